The molecule has 2 aromatic rings. The van der Waals surface area contributed by atoms with Crippen molar-refractivity contribution in [2.24, 2.45) is 5.92 Å². The highest BCUT2D eigenvalue weighted by atomic mass is 16.1. The second kappa shape index (κ2) is 10.9. The Morgan fingerprint density at radius 3 is 2.52 bits per heavy atom. The van der Waals surface area contributed by atoms with E-state index in [0.717, 1.165) is 49.4 Å². The van der Waals surface area contributed by atoms with Crippen molar-refractivity contribution in [3.8, 4) is 11.1 Å². The number of carbonyl (C=O) groups is 1. The van der Waals surface area contributed by atoms with Crippen molar-refractivity contribution in [2.75, 3.05) is 24.5 Å². The van der Waals surface area contributed by atoms with Crippen LogP contribution >= 0.6 is 0 Å². The average molecular weight is 395 g/mol. The molecule has 0 bridgehead atoms. The maximum atomic E-state index is 12.6. The Morgan fingerprint density at radius 2 is 1.79 bits per heavy atom. The zero-order chi connectivity index (χ0) is 20.5. The highest BCUT2D eigenvalue weighted by Gasteiger charge is 2.26. The summed E-state index contributed by atoms with van der Waals surface area (Å²) in [6.45, 7) is 6.70. The van der Waals surface area contributed by atoms with E-state index in [1.165, 1.54) is 31.2 Å². The Labute approximate surface area is 175 Å². The van der Waals surface area contributed by atoms with E-state index < -0.39 is 0 Å². The summed E-state index contributed by atoms with van der Waals surface area (Å²) < 4.78 is 0. The predicted octanol–water partition coefficient (Wildman–Crippen LogP) is 4.76. The van der Waals surface area contributed by atoms with Crippen molar-refractivity contribution in [3.05, 3.63) is 42.2 Å². The molecule has 5 nitrogen and oxygen atoms in total. The number of unbranched alkanes of at least 4 members (excludes halogenated alkanes) is 4. The molecule has 5 heteroatoms. The van der Waals surface area contributed by atoms with Crippen LogP contribution < -0.4 is 10.2 Å². The molecular formula is C24H34N4O. The van der Waals surface area contributed by atoms with Crippen LogP contribution in [0, 0.1) is 12.8 Å². The minimum atomic E-state index is 0.0276. The summed E-state index contributed by atoms with van der Waals surface area (Å²) in [5.74, 6) is 0.930. The Bertz CT molecular complexity index is 757. The van der Waals surface area contributed by atoms with Gasteiger partial charge < -0.3 is 10.2 Å². The zero-order valence-corrected chi connectivity index (χ0v) is 17.9. The first kappa shape index (κ1) is 21.3. The van der Waals surface area contributed by atoms with E-state index >= 15 is 0 Å². The van der Waals surface area contributed by atoms with E-state index in [0.29, 0.717) is 6.54 Å². The van der Waals surface area contributed by atoms with E-state index in [-0.39, 0.29) is 11.8 Å². The minimum Gasteiger partial charge on any atom is -0.356 e. The van der Waals surface area contributed by atoms with Crippen LogP contribution in [-0.4, -0.2) is 35.5 Å². The van der Waals surface area contributed by atoms with Crippen LogP contribution in [-0.2, 0) is 4.79 Å². The second-order valence-electron chi connectivity index (χ2n) is 8.13. The summed E-state index contributed by atoms with van der Waals surface area (Å²) in [5.41, 5.74) is 3.38. The summed E-state index contributed by atoms with van der Waals surface area (Å²) in [6.07, 6.45) is 11.8. The molecule has 2 heterocycles. The topological polar surface area (TPSA) is 58.1 Å². The van der Waals surface area contributed by atoms with Crippen molar-refractivity contribution >= 4 is 11.9 Å². The first-order valence-corrected chi connectivity index (χ1v) is 11.1. The fraction of sp³-hybridized carbons (Fsp3) is 0.542. The fourth-order valence-corrected chi connectivity index (χ4v) is 3.84. The van der Waals surface area contributed by atoms with E-state index in [4.69, 9.17) is 0 Å². The Morgan fingerprint density at radius 1 is 1.07 bits per heavy atom. The number of benzene rings is 1. The smallest absolute Gasteiger partial charge is 0.225 e. The van der Waals surface area contributed by atoms with Crippen molar-refractivity contribution < 1.29 is 4.79 Å². The molecule has 0 saturated carbocycles. The number of aromatic nitrogens is 2. The van der Waals surface area contributed by atoms with E-state index in [2.05, 4.69) is 58.3 Å². The molecule has 0 aliphatic carbocycles. The van der Waals surface area contributed by atoms with E-state index in [1.807, 2.05) is 12.4 Å². The van der Waals surface area contributed by atoms with Crippen molar-refractivity contribution in [2.45, 2.75) is 58.8 Å². The molecule has 1 amide bonds. The van der Waals surface area contributed by atoms with Gasteiger partial charge in [-0.1, -0.05) is 62.4 Å². The highest BCUT2D eigenvalue weighted by Crippen LogP contribution is 2.23. The SMILES string of the molecule is CCCCCCCNC(=O)C1CCCN(c2ncc(-c3ccc(C)cc3)cn2)C1. The molecule has 1 aliphatic heterocycles. The summed E-state index contributed by atoms with van der Waals surface area (Å²) >= 11 is 0. The van der Waals surface area contributed by atoms with Gasteiger partial charge in [-0.25, -0.2) is 9.97 Å². The molecule has 1 aromatic carbocycles. The van der Waals surface area contributed by atoms with E-state index in [9.17, 15) is 4.79 Å². The van der Waals surface area contributed by atoms with Crippen LogP contribution in [0.4, 0.5) is 5.95 Å². The maximum absolute atomic E-state index is 12.6. The second-order valence-corrected chi connectivity index (χ2v) is 8.13. The molecule has 0 spiro atoms. The van der Waals surface area contributed by atoms with Gasteiger partial charge in [0.15, 0.2) is 0 Å². The highest BCUT2D eigenvalue weighted by molar-refractivity contribution is 5.79. The lowest BCUT2D eigenvalue weighted by molar-refractivity contribution is -0.125. The molecule has 1 N–H and O–H groups in total. The summed E-state index contributed by atoms with van der Waals surface area (Å²) in [5, 5.41) is 3.13. The lowest BCUT2D eigenvalue weighted by Crippen LogP contribution is -2.43. The standard InChI is InChI=1S/C24H34N4O/c1-3-4-5-6-7-14-25-23(29)21-9-8-15-28(18-21)24-26-16-22(17-27-24)20-12-10-19(2)11-13-20/h10-13,16-17,21H,3-9,14-15,18H2,1-2H3,(H,25,29). The van der Waals surface area contributed by atoms with Gasteiger partial charge in [-0.15, -0.1) is 0 Å². The van der Waals surface area contributed by atoms with Gasteiger partial charge in [-0.2, -0.15) is 0 Å². The molecule has 1 aliphatic rings. The quantitative estimate of drug-likeness (QED) is 0.623. The largest absolute Gasteiger partial charge is 0.356 e. The van der Waals surface area contributed by atoms with Gasteiger partial charge in [-0.3, -0.25) is 4.79 Å². The number of carbonyl (C=O) groups excluding carboxylic acids is 1. The van der Waals surface area contributed by atoms with Crippen LogP contribution in [0.15, 0.2) is 36.7 Å². The summed E-state index contributed by atoms with van der Waals surface area (Å²) in [4.78, 5) is 23.9. The first-order chi connectivity index (χ1) is 14.2. The molecule has 1 fully saturated rings. The Balaban J connectivity index is 1.51. The Hall–Kier alpha value is -2.43. The third-order valence-electron chi connectivity index (χ3n) is 5.68. The van der Waals surface area contributed by atoms with Gasteiger partial charge in [0.1, 0.15) is 0 Å². The average Bonchev–Trinajstić information content (AvgIpc) is 2.77. The van der Waals surface area contributed by atoms with Gasteiger partial charge >= 0.3 is 0 Å². The van der Waals surface area contributed by atoms with Crippen LogP contribution in [0.1, 0.15) is 57.4 Å². The van der Waals surface area contributed by atoms with Gasteiger partial charge in [-0.05, 0) is 31.7 Å². The number of hydrogen-bond acceptors (Lipinski definition) is 4. The van der Waals surface area contributed by atoms with Crippen molar-refractivity contribution in [1.82, 2.24) is 15.3 Å². The van der Waals surface area contributed by atoms with Gasteiger partial charge in [0.25, 0.3) is 0 Å². The molecule has 1 unspecified atom stereocenters. The molecule has 156 valence electrons. The van der Waals surface area contributed by atoms with Crippen LogP contribution in [0.2, 0.25) is 0 Å². The Kier molecular flexibility index (Phi) is 8.03. The number of nitrogens with zero attached hydrogens (tertiary/aromatic N) is 3. The molecule has 0 radical (unpaired) electrons. The predicted molar refractivity (Wildman–Crippen MR) is 119 cm³/mol. The van der Waals surface area contributed by atoms with Crippen LogP contribution in [0.5, 0.6) is 0 Å². The minimum absolute atomic E-state index is 0.0276. The third kappa shape index (κ3) is 6.28. The van der Waals surface area contributed by atoms with Gasteiger partial charge in [0.2, 0.25) is 11.9 Å². The number of amides is 1. The third-order valence-corrected chi connectivity index (χ3v) is 5.68. The number of aryl methyl sites for hydroxylation is 1. The molecular weight excluding hydrogens is 360 g/mol. The number of hydrogen-bond donors (Lipinski definition) is 1. The fourth-order valence-electron chi connectivity index (χ4n) is 3.84. The maximum Gasteiger partial charge on any atom is 0.225 e. The lowest BCUT2D eigenvalue weighted by atomic mass is 9.97. The monoisotopic (exact) mass is 394 g/mol. The lowest BCUT2D eigenvalue weighted by Gasteiger charge is -2.32. The zero-order valence-electron chi connectivity index (χ0n) is 17.9. The number of anilines is 1. The molecule has 1 saturated heterocycles. The number of nitrogens with one attached hydrogen (secondary N) is 1. The first-order valence-electron chi connectivity index (χ1n) is 11.1. The van der Waals surface area contributed by atoms with Crippen LogP contribution in [0.3, 0.4) is 0 Å². The molecule has 29 heavy (non-hydrogen) atoms. The summed E-state index contributed by atoms with van der Waals surface area (Å²) in [7, 11) is 0. The molecule has 3 rings (SSSR count). The van der Waals surface area contributed by atoms with Crippen LogP contribution in [0.25, 0.3) is 11.1 Å². The molecule has 1 atom stereocenters. The van der Waals surface area contributed by atoms with Crippen molar-refractivity contribution in [1.29, 1.82) is 0 Å². The molecule has 1 aromatic heterocycles. The number of rotatable bonds is 9. The van der Waals surface area contributed by atoms with Crippen molar-refractivity contribution in [3.63, 3.8) is 0 Å². The number of piperidine rings is 1. The van der Waals surface area contributed by atoms with Gasteiger partial charge in [0, 0.05) is 37.6 Å². The van der Waals surface area contributed by atoms with E-state index in [1.54, 1.807) is 0 Å². The summed E-state index contributed by atoms with van der Waals surface area (Å²) in [6, 6.07) is 8.39. The normalized spacial score (nSPS) is 16.6. The van der Waals surface area contributed by atoms with Gasteiger partial charge in [0.05, 0.1) is 5.92 Å².